The van der Waals surface area contributed by atoms with Gasteiger partial charge >= 0.3 is 0 Å². The van der Waals surface area contributed by atoms with Crippen LogP contribution in [0, 0.1) is 20.8 Å². The lowest BCUT2D eigenvalue weighted by Gasteiger charge is -2.07. The van der Waals surface area contributed by atoms with Gasteiger partial charge in [0, 0.05) is 17.5 Å². The number of anilines is 1. The third-order valence-corrected chi connectivity index (χ3v) is 4.02. The number of rotatable bonds is 3. The van der Waals surface area contributed by atoms with Crippen molar-refractivity contribution in [2.45, 2.75) is 36.1 Å². The second kappa shape index (κ2) is 5.75. The summed E-state index contributed by atoms with van der Waals surface area (Å²) < 4.78 is 0. The molecular formula is C12H15N5S2. The van der Waals surface area contributed by atoms with Crippen LogP contribution < -0.4 is 5.73 Å². The molecule has 0 aliphatic carbocycles. The summed E-state index contributed by atoms with van der Waals surface area (Å²) in [5.74, 6) is 0.461. The van der Waals surface area contributed by atoms with Crippen molar-refractivity contribution < 1.29 is 0 Å². The molecule has 2 N–H and O–H groups in total. The van der Waals surface area contributed by atoms with Crippen molar-refractivity contribution in [2.24, 2.45) is 0 Å². The van der Waals surface area contributed by atoms with Crippen LogP contribution in [0.5, 0.6) is 0 Å². The maximum absolute atomic E-state index is 5.75. The van der Waals surface area contributed by atoms with Crippen molar-refractivity contribution in [3.8, 4) is 0 Å². The topological polar surface area (TPSA) is 77.6 Å². The van der Waals surface area contributed by atoms with E-state index < -0.39 is 0 Å². The molecule has 0 amide bonds. The van der Waals surface area contributed by atoms with Gasteiger partial charge in [-0.2, -0.15) is 0 Å². The molecule has 0 aromatic carbocycles. The minimum absolute atomic E-state index is 0.461. The normalized spacial score (nSPS) is 10.7. The van der Waals surface area contributed by atoms with Gasteiger partial charge in [0.25, 0.3) is 0 Å². The Labute approximate surface area is 120 Å². The van der Waals surface area contributed by atoms with E-state index in [9.17, 15) is 0 Å². The third kappa shape index (κ3) is 3.36. The van der Waals surface area contributed by atoms with Crippen LogP contribution in [0.25, 0.3) is 0 Å². The largest absolute Gasteiger partial charge is 0.384 e. The molecule has 7 heteroatoms. The molecule has 2 rings (SSSR count). The smallest absolute Gasteiger partial charge is 0.194 e. The first-order valence-corrected chi connectivity index (χ1v) is 7.72. The van der Waals surface area contributed by atoms with E-state index in [-0.39, 0.29) is 0 Å². The average Bonchev–Trinajstić information content (AvgIpc) is 2.35. The maximum atomic E-state index is 5.75. The Morgan fingerprint density at radius 1 is 0.947 bits per heavy atom. The number of thioether (sulfide) groups is 1. The standard InChI is InChI=1S/C12H15N5S2/c1-6-7(2)14-12(15-8(6)3)19-10-5-9(13)16-11(17-10)18-4/h5H,1-4H3,(H2,13,16,17). The monoisotopic (exact) mass is 293 g/mol. The number of nitrogens with zero attached hydrogens (tertiary/aromatic N) is 4. The van der Waals surface area contributed by atoms with Gasteiger partial charge in [-0.25, -0.2) is 19.9 Å². The quantitative estimate of drug-likeness (QED) is 0.529. The molecule has 0 aliphatic rings. The summed E-state index contributed by atoms with van der Waals surface area (Å²) >= 11 is 2.86. The van der Waals surface area contributed by atoms with Gasteiger partial charge in [0.1, 0.15) is 10.8 Å². The molecule has 5 nitrogen and oxygen atoms in total. The summed E-state index contributed by atoms with van der Waals surface area (Å²) in [6.45, 7) is 5.99. The second-order valence-electron chi connectivity index (χ2n) is 4.02. The van der Waals surface area contributed by atoms with E-state index in [4.69, 9.17) is 5.73 Å². The van der Waals surface area contributed by atoms with E-state index in [1.54, 1.807) is 6.07 Å². The fourth-order valence-electron chi connectivity index (χ4n) is 1.44. The van der Waals surface area contributed by atoms with Crippen LogP contribution >= 0.6 is 23.5 Å². The number of nitrogen functional groups attached to an aromatic ring is 1. The Kier molecular flexibility index (Phi) is 4.26. The zero-order valence-corrected chi connectivity index (χ0v) is 12.9. The fourth-order valence-corrected chi connectivity index (χ4v) is 2.75. The lowest BCUT2D eigenvalue weighted by atomic mass is 10.2. The van der Waals surface area contributed by atoms with Gasteiger partial charge in [0.2, 0.25) is 0 Å². The molecule has 100 valence electrons. The molecule has 0 unspecified atom stereocenters. The molecule has 0 atom stereocenters. The van der Waals surface area contributed by atoms with Crippen molar-refractivity contribution >= 4 is 29.3 Å². The highest BCUT2D eigenvalue weighted by atomic mass is 32.2. The molecule has 0 bridgehead atoms. The molecule has 2 aromatic heterocycles. The predicted molar refractivity (Wildman–Crippen MR) is 78.6 cm³/mol. The fraction of sp³-hybridized carbons (Fsp3) is 0.333. The summed E-state index contributed by atoms with van der Waals surface area (Å²) in [5, 5.41) is 2.10. The van der Waals surface area contributed by atoms with E-state index >= 15 is 0 Å². The first-order valence-electron chi connectivity index (χ1n) is 5.68. The Hall–Kier alpha value is -1.34. The lowest BCUT2D eigenvalue weighted by Crippen LogP contribution is -1.99. The number of aromatic nitrogens is 4. The number of nitrogens with two attached hydrogens (primary N) is 1. The highest BCUT2D eigenvalue weighted by molar-refractivity contribution is 7.99. The van der Waals surface area contributed by atoms with Crippen LogP contribution in [0.4, 0.5) is 5.82 Å². The number of aryl methyl sites for hydroxylation is 2. The minimum atomic E-state index is 0.461. The summed E-state index contributed by atoms with van der Waals surface area (Å²) in [6, 6.07) is 1.73. The molecule has 0 aliphatic heterocycles. The van der Waals surface area contributed by atoms with Gasteiger partial charge in [-0.15, -0.1) is 0 Å². The number of hydrogen-bond donors (Lipinski definition) is 1. The average molecular weight is 293 g/mol. The van der Waals surface area contributed by atoms with Crippen molar-refractivity contribution in [1.82, 2.24) is 19.9 Å². The predicted octanol–water partition coefficient (Wildman–Crippen LogP) is 2.65. The van der Waals surface area contributed by atoms with Crippen LogP contribution in [0.3, 0.4) is 0 Å². The maximum Gasteiger partial charge on any atom is 0.194 e. The molecular weight excluding hydrogens is 278 g/mol. The highest BCUT2D eigenvalue weighted by Crippen LogP contribution is 2.26. The summed E-state index contributed by atoms with van der Waals surface area (Å²) in [7, 11) is 0. The van der Waals surface area contributed by atoms with Crippen LogP contribution in [0.2, 0.25) is 0 Å². The molecule has 2 heterocycles. The molecule has 0 saturated carbocycles. The van der Waals surface area contributed by atoms with Crippen molar-refractivity contribution in [3.05, 3.63) is 23.0 Å². The van der Waals surface area contributed by atoms with E-state index in [1.807, 2.05) is 27.0 Å². The summed E-state index contributed by atoms with van der Waals surface area (Å²) in [4.78, 5) is 17.4. The second-order valence-corrected chi connectivity index (χ2v) is 5.78. The Balaban J connectivity index is 2.33. The minimum Gasteiger partial charge on any atom is -0.384 e. The lowest BCUT2D eigenvalue weighted by molar-refractivity contribution is 0.865. The third-order valence-electron chi connectivity index (χ3n) is 2.69. The van der Waals surface area contributed by atoms with Gasteiger partial charge in [0.15, 0.2) is 10.3 Å². The summed E-state index contributed by atoms with van der Waals surface area (Å²) in [5.41, 5.74) is 8.85. The SMILES string of the molecule is CSc1nc(N)cc(Sc2nc(C)c(C)c(C)n2)n1. The zero-order chi connectivity index (χ0) is 14.0. The van der Waals surface area contributed by atoms with Gasteiger partial charge in [-0.1, -0.05) is 11.8 Å². The molecule has 0 radical (unpaired) electrons. The van der Waals surface area contributed by atoms with Crippen LogP contribution in [0.1, 0.15) is 17.0 Å². The molecule has 0 fully saturated rings. The molecule has 2 aromatic rings. The van der Waals surface area contributed by atoms with Crippen molar-refractivity contribution in [3.63, 3.8) is 0 Å². The summed E-state index contributed by atoms with van der Waals surface area (Å²) in [6.07, 6.45) is 1.92. The van der Waals surface area contributed by atoms with Crippen molar-refractivity contribution in [1.29, 1.82) is 0 Å². The van der Waals surface area contributed by atoms with Crippen molar-refractivity contribution in [2.75, 3.05) is 12.0 Å². The molecule has 0 saturated heterocycles. The van der Waals surface area contributed by atoms with E-state index in [0.29, 0.717) is 16.1 Å². The van der Waals surface area contributed by atoms with Gasteiger partial charge in [0.05, 0.1) is 0 Å². The van der Waals surface area contributed by atoms with Crippen LogP contribution in [-0.2, 0) is 0 Å². The zero-order valence-electron chi connectivity index (χ0n) is 11.3. The highest BCUT2D eigenvalue weighted by Gasteiger charge is 2.09. The Morgan fingerprint density at radius 3 is 2.16 bits per heavy atom. The van der Waals surface area contributed by atoms with E-state index in [1.165, 1.54) is 23.5 Å². The first-order chi connectivity index (χ1) is 8.99. The van der Waals surface area contributed by atoms with Crippen LogP contribution in [0.15, 0.2) is 21.4 Å². The molecule has 0 spiro atoms. The van der Waals surface area contributed by atoms with Gasteiger partial charge < -0.3 is 5.73 Å². The van der Waals surface area contributed by atoms with E-state index in [0.717, 1.165) is 22.0 Å². The Morgan fingerprint density at radius 2 is 1.58 bits per heavy atom. The molecule has 19 heavy (non-hydrogen) atoms. The van der Waals surface area contributed by atoms with E-state index in [2.05, 4.69) is 19.9 Å². The first kappa shape index (κ1) is 14.1. The van der Waals surface area contributed by atoms with Gasteiger partial charge in [-0.3, -0.25) is 0 Å². The Bertz CT molecular complexity index is 592. The van der Waals surface area contributed by atoms with Gasteiger partial charge in [-0.05, 0) is 44.4 Å². The number of hydrogen-bond acceptors (Lipinski definition) is 7. The van der Waals surface area contributed by atoms with Crippen LogP contribution in [-0.4, -0.2) is 26.2 Å².